The van der Waals surface area contributed by atoms with Gasteiger partial charge in [0.05, 0.1) is 24.5 Å². The second kappa shape index (κ2) is 9.64. The molecule has 7 nitrogen and oxygen atoms in total. The number of carbonyl (C=O) groups excluding carboxylic acids is 1. The van der Waals surface area contributed by atoms with E-state index >= 15 is 0 Å². The van der Waals surface area contributed by atoms with Crippen LogP contribution < -0.4 is 10.1 Å². The van der Waals surface area contributed by atoms with E-state index in [9.17, 15) is 35.5 Å². The van der Waals surface area contributed by atoms with Crippen molar-refractivity contribution in [3.05, 3.63) is 41.2 Å². The summed E-state index contributed by atoms with van der Waals surface area (Å²) >= 11 is 0. The van der Waals surface area contributed by atoms with Gasteiger partial charge in [-0.25, -0.2) is 4.39 Å². The Balaban J connectivity index is 2.09. The summed E-state index contributed by atoms with van der Waals surface area (Å²) in [6.45, 7) is -0.593. The Bertz CT molecular complexity index is 1090. The molecule has 0 radical (unpaired) electrons. The van der Waals surface area contributed by atoms with Gasteiger partial charge in [-0.15, -0.1) is 0 Å². The third kappa shape index (κ3) is 4.94. The lowest BCUT2D eigenvalue weighted by molar-refractivity contribution is -0.272. The molecule has 2 aromatic rings. The summed E-state index contributed by atoms with van der Waals surface area (Å²) in [4.78, 5) is 13.1. The quantitative estimate of drug-likeness (QED) is 0.544. The summed E-state index contributed by atoms with van der Waals surface area (Å²) in [5.41, 5.74) is -3.17. The summed E-state index contributed by atoms with van der Waals surface area (Å²) in [6.07, 6.45) is -5.64. The van der Waals surface area contributed by atoms with E-state index in [1.807, 2.05) is 0 Å². The Morgan fingerprint density at radius 1 is 1.34 bits per heavy atom. The first-order chi connectivity index (χ1) is 16.2. The van der Waals surface area contributed by atoms with Gasteiger partial charge in [-0.3, -0.25) is 9.48 Å². The van der Waals surface area contributed by atoms with Crippen LogP contribution in [0.1, 0.15) is 31.0 Å². The van der Waals surface area contributed by atoms with Crippen molar-refractivity contribution in [1.82, 2.24) is 9.78 Å². The van der Waals surface area contributed by atoms with Gasteiger partial charge < -0.3 is 19.9 Å². The zero-order chi connectivity index (χ0) is 26.3. The van der Waals surface area contributed by atoms with Crippen LogP contribution in [0.3, 0.4) is 0 Å². The Morgan fingerprint density at radius 2 is 2.00 bits per heavy atom. The molecule has 0 aliphatic carbocycles. The highest BCUT2D eigenvalue weighted by Crippen LogP contribution is 2.55. The summed E-state index contributed by atoms with van der Waals surface area (Å²) in [7, 11) is 0. The first-order valence-corrected chi connectivity index (χ1v) is 10.3. The molecule has 3 rings (SSSR count). The molecular formula is C21H22F7N3O4. The van der Waals surface area contributed by atoms with Gasteiger partial charge in [-0.1, -0.05) is 13.0 Å². The molecule has 1 saturated heterocycles. The first kappa shape index (κ1) is 26.7. The van der Waals surface area contributed by atoms with Crippen molar-refractivity contribution in [3.63, 3.8) is 0 Å². The molecule has 0 spiro atoms. The monoisotopic (exact) mass is 513 g/mol. The van der Waals surface area contributed by atoms with Crippen molar-refractivity contribution in [2.75, 3.05) is 11.9 Å². The fraction of sp³-hybridized carbons (Fsp3) is 0.524. The minimum absolute atomic E-state index is 0.0750. The summed E-state index contributed by atoms with van der Waals surface area (Å²) in [5.74, 6) is -9.08. The Kier molecular flexibility index (Phi) is 7.37. The second-order valence-corrected chi connectivity index (χ2v) is 8.22. The van der Waals surface area contributed by atoms with Crippen LogP contribution in [-0.2, 0) is 16.1 Å². The number of carbonyl (C=O) groups is 1. The molecule has 14 heteroatoms. The number of aryl methyl sites for hydroxylation is 1. The predicted octanol–water partition coefficient (Wildman–Crippen LogP) is 4.14. The van der Waals surface area contributed by atoms with Crippen LogP contribution in [0.25, 0.3) is 0 Å². The van der Waals surface area contributed by atoms with Crippen LogP contribution >= 0.6 is 0 Å². The van der Waals surface area contributed by atoms with Crippen LogP contribution in [0.5, 0.6) is 5.75 Å². The van der Waals surface area contributed by atoms with E-state index in [0.717, 1.165) is 13.0 Å². The highest BCUT2D eigenvalue weighted by atomic mass is 19.4. The van der Waals surface area contributed by atoms with Gasteiger partial charge in [0.15, 0.2) is 17.2 Å². The molecule has 194 valence electrons. The van der Waals surface area contributed by atoms with Gasteiger partial charge in [0, 0.05) is 23.6 Å². The van der Waals surface area contributed by atoms with Gasteiger partial charge in [-0.05, 0) is 19.9 Å². The standard InChI is InChI=1S/C21H22F7N3O4/c1-9-14(11-4-5-12(22)15(23)16(11)34-19(24)25)17(35-20(9,3)21(26,27)28)18(33)29-13-8-31(6-7-32)30-10(13)2/h4-5,8-9,14,17,19,32H,6-7H2,1-3H3,(H,29,33)/t9-,14-,17+,20+/m1/s1. The van der Waals surface area contributed by atoms with Crippen molar-refractivity contribution >= 4 is 11.6 Å². The highest BCUT2D eigenvalue weighted by Gasteiger charge is 2.66. The number of aromatic nitrogens is 2. The normalized spacial score (nSPS) is 24.7. The number of amides is 1. The molecule has 2 heterocycles. The molecule has 35 heavy (non-hydrogen) atoms. The lowest BCUT2D eigenvalue weighted by atomic mass is 9.77. The molecular weight excluding hydrogens is 491 g/mol. The third-order valence-electron chi connectivity index (χ3n) is 6.11. The minimum atomic E-state index is -5.01. The van der Waals surface area contributed by atoms with Crippen molar-refractivity contribution in [3.8, 4) is 5.75 Å². The third-order valence-corrected chi connectivity index (χ3v) is 6.11. The number of ether oxygens (including phenoxy) is 2. The number of rotatable bonds is 7. The van der Waals surface area contributed by atoms with E-state index in [1.54, 1.807) is 0 Å². The number of nitrogens with one attached hydrogen (secondary N) is 1. The summed E-state index contributed by atoms with van der Waals surface area (Å²) in [6, 6.07) is 1.32. The van der Waals surface area contributed by atoms with Crippen molar-refractivity contribution < 1.29 is 50.1 Å². The van der Waals surface area contributed by atoms with E-state index in [1.165, 1.54) is 17.8 Å². The maximum absolute atomic E-state index is 14.4. The number of aliphatic hydroxyl groups excluding tert-OH is 1. The van der Waals surface area contributed by atoms with E-state index in [0.29, 0.717) is 13.0 Å². The fourth-order valence-corrected chi connectivity index (χ4v) is 4.10. The van der Waals surface area contributed by atoms with Crippen LogP contribution in [-0.4, -0.2) is 51.9 Å². The van der Waals surface area contributed by atoms with Crippen LogP contribution in [0.2, 0.25) is 0 Å². The molecule has 2 N–H and O–H groups in total. The number of halogens is 7. The molecule has 0 unspecified atom stereocenters. The molecule has 1 fully saturated rings. The predicted molar refractivity (Wildman–Crippen MR) is 107 cm³/mol. The average molecular weight is 513 g/mol. The molecule has 0 saturated carbocycles. The van der Waals surface area contributed by atoms with Crippen LogP contribution in [0, 0.1) is 24.5 Å². The lowest BCUT2D eigenvalue weighted by Crippen LogP contribution is -2.47. The van der Waals surface area contributed by atoms with E-state index in [-0.39, 0.29) is 24.5 Å². The average Bonchev–Trinajstić information content (AvgIpc) is 3.23. The molecule has 1 amide bonds. The number of benzene rings is 1. The molecule has 0 bridgehead atoms. The molecule has 1 aliphatic heterocycles. The number of nitrogens with zero attached hydrogens (tertiary/aromatic N) is 2. The number of hydrogen-bond donors (Lipinski definition) is 2. The van der Waals surface area contributed by atoms with E-state index < -0.39 is 65.2 Å². The Morgan fingerprint density at radius 3 is 2.57 bits per heavy atom. The van der Waals surface area contributed by atoms with Crippen molar-refractivity contribution in [2.45, 2.75) is 57.7 Å². The van der Waals surface area contributed by atoms with Gasteiger partial charge >= 0.3 is 12.8 Å². The Hall–Kier alpha value is -2.87. The number of hydrogen-bond acceptors (Lipinski definition) is 5. The zero-order valence-electron chi connectivity index (χ0n) is 18.7. The van der Waals surface area contributed by atoms with E-state index in [4.69, 9.17) is 9.84 Å². The van der Waals surface area contributed by atoms with Crippen molar-refractivity contribution in [1.29, 1.82) is 0 Å². The number of aliphatic hydroxyl groups is 1. The number of alkyl halides is 5. The minimum Gasteiger partial charge on any atom is -0.431 e. The SMILES string of the molecule is Cc1nn(CCO)cc1NC(=O)[C@H]1O[C@](C)(C(F)(F)F)[C@H](C)[C@@H]1c1ccc(F)c(F)c1OC(F)F. The fourth-order valence-electron chi connectivity index (χ4n) is 4.10. The molecule has 4 atom stereocenters. The number of anilines is 1. The van der Waals surface area contributed by atoms with Gasteiger partial charge in [0.2, 0.25) is 5.82 Å². The summed E-state index contributed by atoms with van der Waals surface area (Å²) < 4.78 is 107. The maximum Gasteiger partial charge on any atom is 0.417 e. The Labute approximate surface area is 194 Å². The molecule has 1 aromatic carbocycles. The van der Waals surface area contributed by atoms with E-state index in [2.05, 4.69) is 15.2 Å². The van der Waals surface area contributed by atoms with Crippen LogP contribution in [0.15, 0.2) is 18.3 Å². The first-order valence-electron chi connectivity index (χ1n) is 10.3. The van der Waals surface area contributed by atoms with Crippen molar-refractivity contribution in [2.24, 2.45) is 5.92 Å². The molecule has 1 aromatic heterocycles. The van der Waals surface area contributed by atoms with Gasteiger partial charge in [-0.2, -0.15) is 31.4 Å². The maximum atomic E-state index is 14.4. The lowest BCUT2D eigenvalue weighted by Gasteiger charge is -2.32. The van der Waals surface area contributed by atoms with Gasteiger partial charge in [0.25, 0.3) is 5.91 Å². The molecule has 1 aliphatic rings. The topological polar surface area (TPSA) is 85.6 Å². The highest BCUT2D eigenvalue weighted by molar-refractivity contribution is 5.95. The second-order valence-electron chi connectivity index (χ2n) is 8.22. The van der Waals surface area contributed by atoms with Crippen LogP contribution in [0.4, 0.5) is 36.4 Å². The van der Waals surface area contributed by atoms with Gasteiger partial charge in [0.1, 0.15) is 6.10 Å². The smallest absolute Gasteiger partial charge is 0.417 e. The zero-order valence-corrected chi connectivity index (χ0v) is 18.7. The summed E-state index contributed by atoms with van der Waals surface area (Å²) in [5, 5.41) is 15.4. The largest absolute Gasteiger partial charge is 0.431 e.